The lowest BCUT2D eigenvalue weighted by molar-refractivity contribution is -0.140. The summed E-state index contributed by atoms with van der Waals surface area (Å²) < 4.78 is 80.0. The average molecular weight is 654 g/mol. The number of hydrogen-bond acceptors (Lipinski definition) is 9. The van der Waals surface area contributed by atoms with Crippen molar-refractivity contribution in [2.45, 2.75) is 38.0 Å². The molecule has 244 valence electrons. The molecule has 1 aliphatic heterocycles. The summed E-state index contributed by atoms with van der Waals surface area (Å²) in [6.45, 7) is 2.28. The molecule has 1 atom stereocenters. The number of carbonyl (C=O) groups is 1. The van der Waals surface area contributed by atoms with Crippen molar-refractivity contribution in [3.8, 4) is 28.5 Å². The summed E-state index contributed by atoms with van der Waals surface area (Å²) in [5, 5.41) is 3.46. The lowest BCUT2D eigenvalue weighted by Gasteiger charge is -2.32. The summed E-state index contributed by atoms with van der Waals surface area (Å²) in [4.78, 5) is 32.0. The van der Waals surface area contributed by atoms with Crippen molar-refractivity contribution < 1.29 is 35.9 Å². The predicted octanol–water partition coefficient (Wildman–Crippen LogP) is 6.39. The number of nitrogens with two attached hydrogens (primary N) is 1. The first kappa shape index (κ1) is 31.8. The Labute approximate surface area is 264 Å². The first-order valence-electron chi connectivity index (χ1n) is 14.6. The van der Waals surface area contributed by atoms with Gasteiger partial charge in [-0.1, -0.05) is 6.07 Å². The molecule has 1 aliphatic rings. The molecule has 1 saturated heterocycles. The molecule has 0 aliphatic carbocycles. The number of amides is 1. The van der Waals surface area contributed by atoms with Crippen LogP contribution in [0.3, 0.4) is 0 Å². The van der Waals surface area contributed by atoms with Gasteiger partial charge in [0.1, 0.15) is 28.6 Å². The van der Waals surface area contributed by atoms with Gasteiger partial charge in [-0.15, -0.1) is 0 Å². The van der Waals surface area contributed by atoms with Gasteiger partial charge in [0.25, 0.3) is 5.91 Å². The van der Waals surface area contributed by atoms with Crippen molar-refractivity contribution in [1.29, 1.82) is 0 Å². The molecule has 0 unspecified atom stereocenters. The first-order valence-corrected chi connectivity index (χ1v) is 14.6. The first-order chi connectivity index (χ1) is 22.4. The van der Waals surface area contributed by atoms with E-state index in [1.165, 1.54) is 37.6 Å². The van der Waals surface area contributed by atoms with Gasteiger partial charge in [0.05, 0.1) is 24.4 Å². The molecule has 15 heteroatoms. The molecule has 5 aromatic rings. The van der Waals surface area contributed by atoms with Crippen LogP contribution in [0.1, 0.15) is 47.7 Å². The third kappa shape index (κ3) is 6.30. The minimum Gasteiger partial charge on any atom is -0.494 e. The van der Waals surface area contributed by atoms with Gasteiger partial charge in [-0.25, -0.2) is 28.7 Å². The SMILES string of the molecule is COc1ccc(-c2nc(C(=O)N3CCC(Nc4nccc(-c5c(F)cccc5F)n4)CC3)c([C@H](C)N)o2)c2ccc(C(F)(F)F)nc12. The van der Waals surface area contributed by atoms with Crippen LogP contribution >= 0.6 is 0 Å². The van der Waals surface area contributed by atoms with Crippen LogP contribution in [-0.2, 0) is 6.18 Å². The highest BCUT2D eigenvalue weighted by atomic mass is 19.4. The van der Waals surface area contributed by atoms with E-state index in [2.05, 4.69) is 25.3 Å². The van der Waals surface area contributed by atoms with Gasteiger partial charge in [-0.3, -0.25) is 4.79 Å². The number of halogens is 5. The summed E-state index contributed by atoms with van der Waals surface area (Å²) in [5.74, 6) is -1.46. The average Bonchev–Trinajstić information content (AvgIpc) is 3.49. The second-order valence-electron chi connectivity index (χ2n) is 11.0. The third-order valence-electron chi connectivity index (χ3n) is 7.82. The molecule has 3 N–H and O–H groups in total. The number of carbonyl (C=O) groups excluding carboxylic acids is 1. The fourth-order valence-electron chi connectivity index (χ4n) is 5.48. The molecule has 3 aromatic heterocycles. The Balaban J connectivity index is 1.21. The molecule has 0 radical (unpaired) electrons. The van der Waals surface area contributed by atoms with Crippen molar-refractivity contribution in [2.24, 2.45) is 5.73 Å². The summed E-state index contributed by atoms with van der Waals surface area (Å²) in [7, 11) is 1.32. The van der Waals surface area contributed by atoms with Crippen LogP contribution in [0.4, 0.5) is 27.9 Å². The Kier molecular flexibility index (Phi) is 8.49. The maximum absolute atomic E-state index is 14.3. The number of anilines is 1. The van der Waals surface area contributed by atoms with Crippen LogP contribution < -0.4 is 15.8 Å². The second-order valence-corrected chi connectivity index (χ2v) is 11.0. The number of benzene rings is 2. The number of ether oxygens (including phenoxy) is 1. The van der Waals surface area contributed by atoms with Crippen molar-refractivity contribution in [2.75, 3.05) is 25.5 Å². The minimum absolute atomic E-state index is 0.00488. The predicted molar refractivity (Wildman–Crippen MR) is 161 cm³/mol. The zero-order valence-electron chi connectivity index (χ0n) is 25.1. The van der Waals surface area contributed by atoms with Crippen LogP contribution in [-0.4, -0.2) is 57.0 Å². The van der Waals surface area contributed by atoms with Crippen LogP contribution in [0, 0.1) is 11.6 Å². The smallest absolute Gasteiger partial charge is 0.433 e. The summed E-state index contributed by atoms with van der Waals surface area (Å²) >= 11 is 0. The number of fused-ring (bicyclic) bond motifs is 1. The molecule has 47 heavy (non-hydrogen) atoms. The van der Waals surface area contributed by atoms with Crippen LogP contribution in [0.15, 0.2) is 59.1 Å². The largest absolute Gasteiger partial charge is 0.494 e. The number of aromatic nitrogens is 4. The number of hydrogen-bond donors (Lipinski definition) is 2. The fourth-order valence-corrected chi connectivity index (χ4v) is 5.48. The Bertz CT molecular complexity index is 1940. The topological polar surface area (TPSA) is 132 Å². The minimum atomic E-state index is -4.67. The number of piperidine rings is 1. The molecule has 4 heterocycles. The molecule has 2 aromatic carbocycles. The number of pyridine rings is 1. The van der Waals surface area contributed by atoms with E-state index in [9.17, 15) is 26.7 Å². The van der Waals surface area contributed by atoms with Gasteiger partial charge in [0, 0.05) is 36.3 Å². The normalized spacial score (nSPS) is 14.8. The van der Waals surface area contributed by atoms with Crippen LogP contribution in [0.5, 0.6) is 5.75 Å². The van der Waals surface area contributed by atoms with E-state index in [4.69, 9.17) is 14.9 Å². The van der Waals surface area contributed by atoms with Gasteiger partial charge < -0.3 is 25.1 Å². The molecular weight excluding hydrogens is 625 g/mol. The van der Waals surface area contributed by atoms with Gasteiger partial charge in [-0.05, 0) is 62.2 Å². The zero-order chi connectivity index (χ0) is 33.5. The summed E-state index contributed by atoms with van der Waals surface area (Å²) in [6, 6.07) is 9.25. The number of nitrogens with zero attached hydrogens (tertiary/aromatic N) is 5. The number of oxazole rings is 1. The van der Waals surface area contributed by atoms with Gasteiger partial charge >= 0.3 is 6.18 Å². The number of rotatable bonds is 7. The summed E-state index contributed by atoms with van der Waals surface area (Å²) in [5.41, 5.74) is 5.16. The van der Waals surface area contributed by atoms with E-state index >= 15 is 0 Å². The van der Waals surface area contributed by atoms with E-state index < -0.39 is 35.5 Å². The molecule has 10 nitrogen and oxygen atoms in total. The standard InChI is InChI=1S/C32H28F5N7O3/c1-16(38)28-27(43-29(47-28)19-6-8-23(46-2)26-18(19)7-9-24(42-26)32(35,36)37)30(45)44-14-11-17(12-15-44)40-31-39-13-10-22(41-31)25-20(33)4-3-5-21(25)34/h3-10,13,16-17H,11-12,14-15,38H2,1-2H3,(H,39,40,41)/t16-/m0/s1. The third-order valence-corrected chi connectivity index (χ3v) is 7.82. The molecule has 1 amide bonds. The Morgan fingerprint density at radius 1 is 1.04 bits per heavy atom. The van der Waals surface area contributed by atoms with Gasteiger partial charge in [0.2, 0.25) is 11.8 Å². The molecular formula is C32H28F5N7O3. The highest BCUT2D eigenvalue weighted by Gasteiger charge is 2.34. The molecule has 0 bridgehead atoms. The Hall–Kier alpha value is -5.18. The quantitative estimate of drug-likeness (QED) is 0.192. The number of likely N-dealkylation sites (tertiary alicyclic amines) is 1. The van der Waals surface area contributed by atoms with Crippen molar-refractivity contribution >= 4 is 22.8 Å². The maximum atomic E-state index is 14.3. The Morgan fingerprint density at radius 3 is 2.43 bits per heavy atom. The number of methoxy groups -OCH3 is 1. The number of alkyl halides is 3. The number of nitrogens with one attached hydrogen (secondary N) is 1. The molecule has 1 fully saturated rings. The summed E-state index contributed by atoms with van der Waals surface area (Å²) in [6.07, 6.45) is -2.26. The van der Waals surface area contributed by atoms with Crippen LogP contribution in [0.2, 0.25) is 0 Å². The van der Waals surface area contributed by atoms with E-state index in [1.807, 2.05) is 0 Å². The zero-order valence-corrected chi connectivity index (χ0v) is 25.1. The highest BCUT2D eigenvalue weighted by Crippen LogP contribution is 2.38. The fraction of sp³-hybridized carbons (Fsp3) is 0.281. The monoisotopic (exact) mass is 653 g/mol. The molecule has 0 spiro atoms. The molecule has 6 rings (SSSR count). The van der Waals surface area contributed by atoms with Crippen molar-refractivity contribution in [1.82, 2.24) is 24.8 Å². The van der Waals surface area contributed by atoms with Crippen molar-refractivity contribution in [3.63, 3.8) is 0 Å². The second kappa shape index (κ2) is 12.5. The van der Waals surface area contributed by atoms with E-state index in [0.717, 1.165) is 18.2 Å². The van der Waals surface area contributed by atoms with E-state index in [0.29, 0.717) is 31.5 Å². The van der Waals surface area contributed by atoms with Crippen molar-refractivity contribution in [3.05, 3.63) is 83.5 Å². The van der Waals surface area contributed by atoms with Crippen LogP contribution in [0.25, 0.3) is 33.6 Å². The lowest BCUT2D eigenvalue weighted by atomic mass is 10.0. The maximum Gasteiger partial charge on any atom is 0.433 e. The van der Waals surface area contributed by atoms with E-state index in [1.54, 1.807) is 17.9 Å². The van der Waals surface area contributed by atoms with Gasteiger partial charge in [0.15, 0.2) is 11.5 Å². The van der Waals surface area contributed by atoms with E-state index in [-0.39, 0.29) is 57.2 Å². The van der Waals surface area contributed by atoms with Gasteiger partial charge in [-0.2, -0.15) is 13.2 Å². The Morgan fingerprint density at radius 2 is 1.77 bits per heavy atom. The lowest BCUT2D eigenvalue weighted by Crippen LogP contribution is -2.43. The molecule has 0 saturated carbocycles. The highest BCUT2D eigenvalue weighted by molar-refractivity contribution is 5.98.